The van der Waals surface area contributed by atoms with E-state index < -0.39 is 0 Å². The van der Waals surface area contributed by atoms with E-state index in [2.05, 4.69) is 0 Å². The van der Waals surface area contributed by atoms with Gasteiger partial charge in [-0.2, -0.15) is 0 Å². The highest BCUT2D eigenvalue weighted by atomic mass is 16.5. The fraction of sp³-hybridized carbons (Fsp3) is 0.417. The Balaban J connectivity index is 2.46. The lowest BCUT2D eigenvalue weighted by Gasteiger charge is -2.17. The van der Waals surface area contributed by atoms with E-state index in [4.69, 9.17) is 4.74 Å². The molecular formula is C12H14O2. The topological polar surface area (TPSA) is 26.3 Å². The summed E-state index contributed by atoms with van der Waals surface area (Å²) in [6.45, 7) is 0.537. The van der Waals surface area contributed by atoms with Crippen molar-refractivity contribution in [2.24, 2.45) is 0 Å². The molecule has 1 aliphatic carbocycles. The van der Waals surface area contributed by atoms with Gasteiger partial charge in [0.1, 0.15) is 0 Å². The highest BCUT2D eigenvalue weighted by Crippen LogP contribution is 2.24. The van der Waals surface area contributed by atoms with Gasteiger partial charge in [0.05, 0.1) is 6.61 Å². The molecule has 0 aliphatic heterocycles. The zero-order valence-electron chi connectivity index (χ0n) is 8.38. The minimum absolute atomic E-state index is 0.277. The smallest absolute Gasteiger partial charge is 0.163 e. The summed E-state index contributed by atoms with van der Waals surface area (Å²) in [6.07, 6.45) is 2.70. The molecule has 0 unspecified atom stereocenters. The lowest BCUT2D eigenvalue weighted by Crippen LogP contribution is -2.13. The zero-order chi connectivity index (χ0) is 9.97. The van der Waals surface area contributed by atoms with Crippen molar-refractivity contribution in [3.63, 3.8) is 0 Å². The molecule has 2 rings (SSSR count). The maximum absolute atomic E-state index is 11.7. The minimum atomic E-state index is 0.277. The SMILES string of the molecule is COCc1cccc2c1C(=O)CCC2. The van der Waals surface area contributed by atoms with Gasteiger partial charge in [-0.15, -0.1) is 0 Å². The summed E-state index contributed by atoms with van der Waals surface area (Å²) < 4.78 is 5.09. The molecule has 0 spiro atoms. The van der Waals surface area contributed by atoms with E-state index in [1.165, 1.54) is 5.56 Å². The zero-order valence-corrected chi connectivity index (χ0v) is 8.38. The van der Waals surface area contributed by atoms with Gasteiger partial charge in [0.15, 0.2) is 5.78 Å². The van der Waals surface area contributed by atoms with Gasteiger partial charge in [-0.25, -0.2) is 0 Å². The van der Waals surface area contributed by atoms with Crippen LogP contribution in [0.3, 0.4) is 0 Å². The number of aryl methyl sites for hydroxylation is 1. The third-order valence-corrected chi connectivity index (χ3v) is 2.67. The largest absolute Gasteiger partial charge is 0.380 e. The lowest BCUT2D eigenvalue weighted by molar-refractivity contribution is 0.0967. The molecule has 2 heteroatoms. The summed E-state index contributed by atoms with van der Waals surface area (Å²) in [5, 5.41) is 0. The number of Topliss-reactive ketones (excluding diaryl/α,β-unsaturated/α-hetero) is 1. The summed E-state index contributed by atoms with van der Waals surface area (Å²) in [7, 11) is 1.66. The van der Waals surface area contributed by atoms with Crippen molar-refractivity contribution in [3.05, 3.63) is 34.9 Å². The van der Waals surface area contributed by atoms with E-state index in [-0.39, 0.29) is 5.78 Å². The Bertz CT molecular complexity index is 355. The number of methoxy groups -OCH3 is 1. The van der Waals surface area contributed by atoms with Crippen LogP contribution >= 0.6 is 0 Å². The molecule has 1 aromatic rings. The Hall–Kier alpha value is -1.15. The normalized spacial score (nSPS) is 15.4. The number of hydrogen-bond acceptors (Lipinski definition) is 2. The molecular weight excluding hydrogens is 176 g/mol. The Kier molecular flexibility index (Phi) is 2.64. The van der Waals surface area contributed by atoms with Crippen molar-refractivity contribution in [3.8, 4) is 0 Å². The fourth-order valence-electron chi connectivity index (χ4n) is 2.06. The fourth-order valence-corrected chi connectivity index (χ4v) is 2.06. The number of rotatable bonds is 2. The number of hydrogen-bond donors (Lipinski definition) is 0. The van der Waals surface area contributed by atoms with Gasteiger partial charge in [0.25, 0.3) is 0 Å². The van der Waals surface area contributed by atoms with Gasteiger partial charge in [0.2, 0.25) is 0 Å². The Morgan fingerprint density at radius 2 is 2.21 bits per heavy atom. The van der Waals surface area contributed by atoms with E-state index in [0.29, 0.717) is 13.0 Å². The van der Waals surface area contributed by atoms with Crippen LogP contribution in [0, 0.1) is 0 Å². The van der Waals surface area contributed by atoms with Gasteiger partial charge in [0, 0.05) is 19.1 Å². The number of fused-ring (bicyclic) bond motifs is 1. The van der Waals surface area contributed by atoms with Crippen LogP contribution in [-0.4, -0.2) is 12.9 Å². The van der Waals surface area contributed by atoms with Gasteiger partial charge >= 0.3 is 0 Å². The molecule has 1 aliphatic rings. The summed E-state index contributed by atoms with van der Waals surface area (Å²) in [5.74, 6) is 0.277. The van der Waals surface area contributed by atoms with Crippen LogP contribution in [0.1, 0.15) is 34.3 Å². The second-order valence-electron chi connectivity index (χ2n) is 3.66. The molecule has 0 heterocycles. The second kappa shape index (κ2) is 3.93. The molecule has 0 saturated heterocycles. The van der Waals surface area contributed by atoms with Crippen molar-refractivity contribution in [1.82, 2.24) is 0 Å². The minimum Gasteiger partial charge on any atom is -0.380 e. The van der Waals surface area contributed by atoms with Crippen molar-refractivity contribution < 1.29 is 9.53 Å². The number of carbonyl (C=O) groups is 1. The molecule has 74 valence electrons. The molecule has 0 radical (unpaired) electrons. The quantitative estimate of drug-likeness (QED) is 0.715. The number of benzene rings is 1. The second-order valence-corrected chi connectivity index (χ2v) is 3.66. The number of carbonyl (C=O) groups excluding carboxylic acids is 1. The number of ketones is 1. The Labute approximate surface area is 83.9 Å². The molecule has 1 aromatic carbocycles. The van der Waals surface area contributed by atoms with Crippen molar-refractivity contribution in [2.75, 3.05) is 7.11 Å². The van der Waals surface area contributed by atoms with Crippen molar-refractivity contribution in [2.45, 2.75) is 25.9 Å². The molecule has 0 N–H and O–H groups in total. The average Bonchev–Trinajstić information content (AvgIpc) is 2.19. The average molecular weight is 190 g/mol. The van der Waals surface area contributed by atoms with E-state index in [9.17, 15) is 4.79 Å². The standard InChI is InChI=1S/C12H14O2/c1-14-8-10-6-2-4-9-5-3-7-11(13)12(9)10/h2,4,6H,3,5,7-8H2,1H3. The highest BCUT2D eigenvalue weighted by molar-refractivity contribution is 5.99. The molecule has 0 fully saturated rings. The van der Waals surface area contributed by atoms with Crippen LogP contribution in [-0.2, 0) is 17.8 Å². The third-order valence-electron chi connectivity index (χ3n) is 2.67. The summed E-state index contributed by atoms with van der Waals surface area (Å²) in [5.41, 5.74) is 3.14. The van der Waals surface area contributed by atoms with E-state index in [1.54, 1.807) is 7.11 Å². The van der Waals surface area contributed by atoms with E-state index in [0.717, 1.165) is 24.0 Å². The molecule has 0 bridgehead atoms. The predicted octanol–water partition coefficient (Wildman–Crippen LogP) is 2.35. The monoisotopic (exact) mass is 190 g/mol. The van der Waals surface area contributed by atoms with Crippen molar-refractivity contribution >= 4 is 5.78 Å². The molecule has 2 nitrogen and oxygen atoms in total. The number of ether oxygens (including phenoxy) is 1. The first-order valence-electron chi connectivity index (χ1n) is 4.96. The summed E-state index contributed by atoms with van der Waals surface area (Å²) in [4.78, 5) is 11.7. The highest BCUT2D eigenvalue weighted by Gasteiger charge is 2.19. The van der Waals surface area contributed by atoms with Crippen LogP contribution in [0.25, 0.3) is 0 Å². The first kappa shape index (κ1) is 9.41. The third kappa shape index (κ3) is 1.58. The van der Waals surface area contributed by atoms with Crippen LogP contribution in [0.2, 0.25) is 0 Å². The van der Waals surface area contributed by atoms with Gasteiger partial charge in [-0.05, 0) is 24.0 Å². The molecule has 0 amide bonds. The van der Waals surface area contributed by atoms with E-state index >= 15 is 0 Å². The van der Waals surface area contributed by atoms with Gasteiger partial charge < -0.3 is 4.74 Å². The van der Waals surface area contributed by atoms with Crippen LogP contribution < -0.4 is 0 Å². The molecule has 0 saturated carbocycles. The lowest BCUT2D eigenvalue weighted by atomic mass is 9.87. The van der Waals surface area contributed by atoms with Crippen molar-refractivity contribution in [1.29, 1.82) is 0 Å². The van der Waals surface area contributed by atoms with E-state index in [1.807, 2.05) is 18.2 Å². The molecule has 0 aromatic heterocycles. The molecule has 0 atom stereocenters. The maximum atomic E-state index is 11.7. The van der Waals surface area contributed by atoms with Gasteiger partial charge in [-0.3, -0.25) is 4.79 Å². The predicted molar refractivity (Wildman–Crippen MR) is 54.4 cm³/mol. The summed E-state index contributed by atoms with van der Waals surface area (Å²) in [6, 6.07) is 6.03. The van der Waals surface area contributed by atoms with Crippen LogP contribution in [0.15, 0.2) is 18.2 Å². The maximum Gasteiger partial charge on any atom is 0.163 e. The van der Waals surface area contributed by atoms with Crippen LogP contribution in [0.4, 0.5) is 0 Å². The first-order chi connectivity index (χ1) is 6.83. The van der Waals surface area contributed by atoms with Gasteiger partial charge in [-0.1, -0.05) is 18.2 Å². The van der Waals surface area contributed by atoms with Crippen LogP contribution in [0.5, 0.6) is 0 Å². The summed E-state index contributed by atoms with van der Waals surface area (Å²) >= 11 is 0. The Morgan fingerprint density at radius 1 is 1.36 bits per heavy atom. The Morgan fingerprint density at radius 3 is 3.00 bits per heavy atom. The molecule has 14 heavy (non-hydrogen) atoms. The first-order valence-corrected chi connectivity index (χ1v) is 4.96.